The molecule has 154 valence electrons. The molecule has 0 aliphatic rings. The van der Waals surface area contributed by atoms with Gasteiger partial charge in [0.1, 0.15) is 10.7 Å². The lowest BCUT2D eigenvalue weighted by molar-refractivity contribution is 0.281. The Balaban J connectivity index is 1.88. The SMILES string of the molecule is C[C@H](CO)Nc1nc(SCc2cccc(F)c2F)[nH]c(=O)c1Sc1n[nH]c(N)n1. The van der Waals surface area contributed by atoms with Crippen molar-refractivity contribution in [3.05, 3.63) is 45.8 Å². The summed E-state index contributed by atoms with van der Waals surface area (Å²) in [5.74, 6) is -1.53. The van der Waals surface area contributed by atoms with Crippen LogP contribution in [0.15, 0.2) is 38.2 Å². The number of hydrogen-bond acceptors (Lipinski definition) is 9. The van der Waals surface area contributed by atoms with Gasteiger partial charge in [0, 0.05) is 17.4 Å². The summed E-state index contributed by atoms with van der Waals surface area (Å²) in [4.78, 5) is 23.7. The highest BCUT2D eigenvalue weighted by atomic mass is 32.2. The average Bonchev–Trinajstić information content (AvgIpc) is 3.10. The minimum atomic E-state index is -0.943. The first-order chi connectivity index (χ1) is 13.9. The predicted molar refractivity (Wildman–Crippen MR) is 106 cm³/mol. The van der Waals surface area contributed by atoms with Crippen molar-refractivity contribution >= 4 is 35.3 Å². The molecule has 0 aliphatic carbocycles. The van der Waals surface area contributed by atoms with Gasteiger partial charge < -0.3 is 21.1 Å². The Morgan fingerprint density at radius 1 is 1.34 bits per heavy atom. The van der Waals surface area contributed by atoms with E-state index in [-0.39, 0.29) is 50.9 Å². The molecule has 2 aromatic heterocycles. The molecule has 0 radical (unpaired) electrons. The molecule has 0 saturated carbocycles. The number of nitrogens with zero attached hydrogens (tertiary/aromatic N) is 3. The van der Waals surface area contributed by atoms with Crippen LogP contribution in [-0.4, -0.2) is 42.9 Å². The summed E-state index contributed by atoms with van der Waals surface area (Å²) >= 11 is 1.98. The van der Waals surface area contributed by atoms with Gasteiger partial charge in [-0.25, -0.2) is 18.9 Å². The Kier molecular flexibility index (Phi) is 6.71. The highest BCUT2D eigenvalue weighted by molar-refractivity contribution is 7.99. The van der Waals surface area contributed by atoms with Gasteiger partial charge >= 0.3 is 0 Å². The number of benzene rings is 1. The number of aliphatic hydroxyl groups is 1. The van der Waals surface area contributed by atoms with Crippen molar-refractivity contribution in [1.29, 1.82) is 0 Å². The smallest absolute Gasteiger partial charge is 0.267 e. The summed E-state index contributed by atoms with van der Waals surface area (Å²) in [7, 11) is 0. The van der Waals surface area contributed by atoms with Crippen LogP contribution in [0.5, 0.6) is 0 Å². The van der Waals surface area contributed by atoms with Crippen molar-refractivity contribution in [2.45, 2.75) is 33.9 Å². The van der Waals surface area contributed by atoms with Crippen molar-refractivity contribution in [2.24, 2.45) is 0 Å². The van der Waals surface area contributed by atoms with Crippen molar-refractivity contribution in [3.63, 3.8) is 0 Å². The second-order valence-electron chi connectivity index (χ2n) is 5.88. The molecule has 3 aromatic rings. The first-order valence-electron chi connectivity index (χ1n) is 8.30. The molecule has 29 heavy (non-hydrogen) atoms. The fourth-order valence-electron chi connectivity index (χ4n) is 2.18. The lowest BCUT2D eigenvalue weighted by Crippen LogP contribution is -2.24. The highest BCUT2D eigenvalue weighted by Gasteiger charge is 2.18. The minimum Gasteiger partial charge on any atom is -0.394 e. The topological polar surface area (TPSA) is 146 Å². The van der Waals surface area contributed by atoms with Gasteiger partial charge in [-0.1, -0.05) is 23.9 Å². The van der Waals surface area contributed by atoms with Crippen molar-refractivity contribution in [2.75, 3.05) is 17.7 Å². The molecule has 1 atom stereocenters. The fraction of sp³-hybridized carbons (Fsp3) is 0.250. The predicted octanol–water partition coefficient (Wildman–Crippen LogP) is 1.98. The number of nitrogens with two attached hydrogens (primary N) is 1. The Bertz CT molecular complexity index is 1060. The quantitative estimate of drug-likeness (QED) is 0.262. The number of nitrogen functional groups attached to an aromatic ring is 1. The maximum Gasteiger partial charge on any atom is 0.267 e. The molecular weight excluding hydrogens is 424 g/mol. The van der Waals surface area contributed by atoms with Gasteiger partial charge in [-0.05, 0) is 24.8 Å². The van der Waals surface area contributed by atoms with E-state index >= 15 is 0 Å². The monoisotopic (exact) mass is 441 g/mol. The van der Waals surface area contributed by atoms with Crippen LogP contribution in [-0.2, 0) is 5.75 Å². The van der Waals surface area contributed by atoms with Crippen LogP contribution < -0.4 is 16.6 Å². The maximum absolute atomic E-state index is 13.8. The van der Waals surface area contributed by atoms with Gasteiger partial charge in [0.25, 0.3) is 5.56 Å². The van der Waals surface area contributed by atoms with Gasteiger partial charge in [-0.3, -0.25) is 4.79 Å². The van der Waals surface area contributed by atoms with Crippen LogP contribution in [0.3, 0.4) is 0 Å². The standard InChI is InChI=1S/C16H17F2N7O2S2/c1-7(5-26)20-12-11(29-16-23-14(19)24-25-16)13(27)22-15(21-12)28-6-8-3-2-4-9(17)10(8)18/h2-4,7,26H,5-6H2,1H3,(H3,19,23,24,25)(H2,20,21,22,27)/t7-/m1/s1. The number of thioether (sulfide) groups is 1. The first-order valence-corrected chi connectivity index (χ1v) is 10.1. The van der Waals surface area contributed by atoms with Gasteiger partial charge in [-0.15, -0.1) is 5.10 Å². The van der Waals surface area contributed by atoms with Crippen molar-refractivity contribution < 1.29 is 13.9 Å². The molecule has 2 heterocycles. The molecule has 0 fully saturated rings. The number of hydrogen-bond donors (Lipinski definition) is 5. The third-order valence-electron chi connectivity index (χ3n) is 3.58. The summed E-state index contributed by atoms with van der Waals surface area (Å²) in [5.41, 5.74) is 5.16. The lowest BCUT2D eigenvalue weighted by Gasteiger charge is -2.15. The molecular formula is C16H17F2N7O2S2. The molecule has 3 rings (SSSR count). The van der Waals surface area contributed by atoms with Crippen LogP contribution in [0.1, 0.15) is 12.5 Å². The Labute approximate surface area is 171 Å². The Morgan fingerprint density at radius 3 is 2.83 bits per heavy atom. The summed E-state index contributed by atoms with van der Waals surface area (Å²) in [6.07, 6.45) is 0. The van der Waals surface area contributed by atoms with Gasteiger partial charge in [0.2, 0.25) is 11.1 Å². The van der Waals surface area contributed by atoms with E-state index < -0.39 is 17.2 Å². The zero-order valence-corrected chi connectivity index (χ0v) is 16.7. The van der Waals surface area contributed by atoms with Crippen LogP contribution in [0.4, 0.5) is 20.5 Å². The number of halogens is 2. The van der Waals surface area contributed by atoms with E-state index in [0.717, 1.165) is 29.6 Å². The number of aliphatic hydroxyl groups excluding tert-OH is 1. The van der Waals surface area contributed by atoms with Crippen molar-refractivity contribution in [1.82, 2.24) is 25.1 Å². The number of H-pyrrole nitrogens is 2. The van der Waals surface area contributed by atoms with E-state index in [2.05, 4.69) is 30.5 Å². The number of aromatic amines is 2. The Morgan fingerprint density at radius 2 is 2.14 bits per heavy atom. The van der Waals surface area contributed by atoms with Crippen LogP contribution in [0.2, 0.25) is 0 Å². The fourth-order valence-corrected chi connectivity index (χ4v) is 3.78. The van der Waals surface area contributed by atoms with E-state index in [1.165, 1.54) is 12.1 Å². The zero-order chi connectivity index (χ0) is 21.0. The summed E-state index contributed by atoms with van der Waals surface area (Å²) < 4.78 is 27.2. The molecule has 0 bridgehead atoms. The number of nitrogens with one attached hydrogen (secondary N) is 3. The number of rotatable bonds is 8. The molecule has 9 nitrogen and oxygen atoms in total. The van der Waals surface area contributed by atoms with Crippen molar-refractivity contribution in [3.8, 4) is 0 Å². The molecule has 0 amide bonds. The zero-order valence-electron chi connectivity index (χ0n) is 15.1. The molecule has 0 spiro atoms. The maximum atomic E-state index is 13.8. The highest BCUT2D eigenvalue weighted by Crippen LogP contribution is 2.30. The van der Waals surface area contributed by atoms with Crippen LogP contribution in [0, 0.1) is 11.6 Å². The average molecular weight is 441 g/mol. The third kappa shape index (κ3) is 5.25. The van der Waals surface area contributed by atoms with Gasteiger partial charge in [0.15, 0.2) is 16.8 Å². The molecule has 0 aliphatic heterocycles. The van der Waals surface area contributed by atoms with Gasteiger partial charge in [-0.2, -0.15) is 4.98 Å². The molecule has 0 saturated heterocycles. The largest absolute Gasteiger partial charge is 0.394 e. The van der Waals surface area contributed by atoms with Crippen LogP contribution in [0.25, 0.3) is 0 Å². The van der Waals surface area contributed by atoms with Crippen LogP contribution >= 0.6 is 23.5 Å². The number of anilines is 2. The lowest BCUT2D eigenvalue weighted by atomic mass is 10.2. The molecule has 0 unspecified atom stereocenters. The van der Waals surface area contributed by atoms with Gasteiger partial charge in [0.05, 0.1) is 6.61 Å². The first kappa shape index (κ1) is 21.1. The van der Waals surface area contributed by atoms with E-state index in [9.17, 15) is 18.7 Å². The second-order valence-corrected chi connectivity index (χ2v) is 7.83. The summed E-state index contributed by atoms with van der Waals surface area (Å²) in [6, 6.07) is 3.50. The third-order valence-corrected chi connectivity index (χ3v) is 5.45. The Hall–Kier alpha value is -2.64. The normalized spacial score (nSPS) is 12.1. The number of aromatic nitrogens is 5. The van der Waals surface area contributed by atoms with E-state index in [0.29, 0.717) is 0 Å². The molecule has 6 N–H and O–H groups in total. The minimum absolute atomic E-state index is 0.0610. The second kappa shape index (κ2) is 9.24. The van der Waals surface area contributed by atoms with E-state index in [4.69, 9.17) is 5.73 Å². The molecule has 1 aromatic carbocycles. The van der Waals surface area contributed by atoms with E-state index in [1.807, 2.05) is 0 Å². The summed E-state index contributed by atoms with van der Waals surface area (Å²) in [6.45, 7) is 1.51. The van der Waals surface area contributed by atoms with E-state index in [1.54, 1.807) is 6.92 Å². The summed E-state index contributed by atoms with van der Waals surface area (Å²) in [5, 5.41) is 19.0. The molecule has 13 heteroatoms.